The van der Waals surface area contributed by atoms with E-state index in [1.54, 1.807) is 0 Å². The van der Waals surface area contributed by atoms with Crippen LogP contribution in [-0.4, -0.2) is 11.1 Å². The zero-order valence-corrected chi connectivity index (χ0v) is 18.0. The van der Waals surface area contributed by atoms with Crippen molar-refractivity contribution in [2.45, 2.75) is 86.0 Å². The number of carbonyl (C=O) groups is 1. The van der Waals surface area contributed by atoms with Gasteiger partial charge in [0, 0.05) is 5.57 Å². The van der Waals surface area contributed by atoms with Crippen LogP contribution in [0.15, 0.2) is 58.2 Å². The van der Waals surface area contributed by atoms with E-state index in [4.69, 9.17) is 0 Å². The number of rotatable bonds is 4. The molecule has 1 N–H and O–H groups in total. The van der Waals surface area contributed by atoms with Gasteiger partial charge in [-0.1, -0.05) is 52.7 Å². The van der Waals surface area contributed by atoms with Crippen molar-refractivity contribution in [2.75, 3.05) is 0 Å². The first-order valence-corrected chi connectivity index (χ1v) is 10.3. The molecule has 0 unspecified atom stereocenters. The summed E-state index contributed by atoms with van der Waals surface area (Å²) in [7, 11) is 0. The molecule has 0 aromatic carbocycles. The molecular formula is C25H38O2. The molecule has 0 saturated heterocycles. The van der Waals surface area contributed by atoms with E-state index in [1.807, 2.05) is 6.08 Å². The molecule has 27 heavy (non-hydrogen) atoms. The average Bonchev–Trinajstić information content (AvgIpc) is 2.59. The molecule has 150 valence electrons. The number of hydrogen-bond acceptors (Lipinski definition) is 1. The molecule has 0 heterocycles. The van der Waals surface area contributed by atoms with E-state index in [0.29, 0.717) is 17.9 Å². The van der Waals surface area contributed by atoms with Crippen molar-refractivity contribution in [1.29, 1.82) is 0 Å². The summed E-state index contributed by atoms with van der Waals surface area (Å²) in [4.78, 5) is 11.4. The van der Waals surface area contributed by atoms with Crippen molar-refractivity contribution in [3.8, 4) is 0 Å². The van der Waals surface area contributed by atoms with E-state index in [2.05, 4.69) is 58.9 Å². The maximum absolute atomic E-state index is 11.4. The molecule has 1 atom stereocenters. The minimum absolute atomic E-state index is 0.555. The van der Waals surface area contributed by atoms with Crippen molar-refractivity contribution in [1.82, 2.24) is 0 Å². The Morgan fingerprint density at radius 2 is 1.67 bits per heavy atom. The molecule has 0 aromatic rings. The van der Waals surface area contributed by atoms with Crippen LogP contribution in [-0.2, 0) is 4.79 Å². The van der Waals surface area contributed by atoms with Gasteiger partial charge in [0.1, 0.15) is 0 Å². The Morgan fingerprint density at radius 1 is 1.00 bits per heavy atom. The van der Waals surface area contributed by atoms with Gasteiger partial charge in [0.25, 0.3) is 0 Å². The van der Waals surface area contributed by atoms with Crippen molar-refractivity contribution < 1.29 is 9.90 Å². The average molecular weight is 371 g/mol. The number of allylic oxidation sites excluding steroid dienone is 9. The fraction of sp³-hybridized carbons (Fsp3) is 0.560. The summed E-state index contributed by atoms with van der Waals surface area (Å²) < 4.78 is 0. The van der Waals surface area contributed by atoms with Gasteiger partial charge < -0.3 is 5.11 Å². The van der Waals surface area contributed by atoms with Crippen LogP contribution in [0.2, 0.25) is 0 Å². The first-order chi connectivity index (χ1) is 12.8. The number of carboxylic acids is 1. The Hall–Kier alpha value is -1.83. The Morgan fingerprint density at radius 3 is 2.33 bits per heavy atom. The Kier molecular flexibility index (Phi) is 10.8. The van der Waals surface area contributed by atoms with Gasteiger partial charge in [-0.15, -0.1) is 0 Å². The molecule has 0 aliphatic heterocycles. The smallest absolute Gasteiger partial charge is 0.331 e. The monoisotopic (exact) mass is 370 g/mol. The third-order valence-electron chi connectivity index (χ3n) is 5.36. The maximum Gasteiger partial charge on any atom is 0.331 e. The van der Waals surface area contributed by atoms with Crippen LogP contribution in [0.1, 0.15) is 86.0 Å². The molecule has 1 rings (SSSR count). The van der Waals surface area contributed by atoms with Gasteiger partial charge in [-0.2, -0.15) is 0 Å². The van der Waals surface area contributed by atoms with Crippen molar-refractivity contribution in [3.05, 3.63) is 58.2 Å². The molecule has 0 amide bonds. The van der Waals surface area contributed by atoms with Crippen LogP contribution in [0.5, 0.6) is 0 Å². The number of carboxylic acid groups (broad SMARTS) is 1. The second-order valence-corrected chi connectivity index (χ2v) is 8.15. The molecule has 2 heteroatoms. The van der Waals surface area contributed by atoms with Crippen LogP contribution < -0.4 is 0 Å². The number of hydrogen-bond donors (Lipinski definition) is 1. The van der Waals surface area contributed by atoms with E-state index < -0.39 is 5.97 Å². The Balaban J connectivity index is 2.93. The molecule has 0 bridgehead atoms. The fourth-order valence-electron chi connectivity index (χ4n) is 3.37. The van der Waals surface area contributed by atoms with Gasteiger partial charge in [0.05, 0.1) is 0 Å². The van der Waals surface area contributed by atoms with Crippen LogP contribution in [0, 0.1) is 5.92 Å². The SMILES string of the molecule is CC(C)=CC/C=C(\C)[C@H]1C/C=C(\C)CC/C=C(/C(=O)O)CC/C=C(\C)CC1. The van der Waals surface area contributed by atoms with Gasteiger partial charge in [-0.05, 0) is 91.9 Å². The lowest BCUT2D eigenvalue weighted by molar-refractivity contribution is -0.132. The van der Waals surface area contributed by atoms with Crippen LogP contribution in [0.3, 0.4) is 0 Å². The Bertz CT molecular complexity index is 637. The van der Waals surface area contributed by atoms with E-state index in [0.717, 1.165) is 44.9 Å². The highest BCUT2D eigenvalue weighted by atomic mass is 16.4. The van der Waals surface area contributed by atoms with Crippen LogP contribution in [0.25, 0.3) is 0 Å². The highest BCUT2D eigenvalue weighted by Crippen LogP contribution is 2.26. The second kappa shape index (κ2) is 12.5. The zero-order chi connectivity index (χ0) is 20.2. The van der Waals surface area contributed by atoms with Crippen LogP contribution >= 0.6 is 0 Å². The highest BCUT2D eigenvalue weighted by Gasteiger charge is 2.11. The largest absolute Gasteiger partial charge is 0.478 e. The summed E-state index contributed by atoms with van der Waals surface area (Å²) in [5.41, 5.74) is 6.15. The fourth-order valence-corrected chi connectivity index (χ4v) is 3.37. The van der Waals surface area contributed by atoms with E-state index >= 15 is 0 Å². The molecule has 0 radical (unpaired) electrons. The van der Waals surface area contributed by atoms with Gasteiger partial charge in [-0.3, -0.25) is 0 Å². The van der Waals surface area contributed by atoms with Crippen LogP contribution in [0.4, 0.5) is 0 Å². The summed E-state index contributed by atoms with van der Waals surface area (Å²) in [6.07, 6.45) is 18.7. The van der Waals surface area contributed by atoms with Crippen molar-refractivity contribution in [3.63, 3.8) is 0 Å². The predicted molar refractivity (Wildman–Crippen MR) is 117 cm³/mol. The lowest BCUT2D eigenvalue weighted by Crippen LogP contribution is -2.03. The van der Waals surface area contributed by atoms with Gasteiger partial charge in [0.15, 0.2) is 0 Å². The molecule has 2 nitrogen and oxygen atoms in total. The Labute approximate surface area is 166 Å². The molecule has 1 aliphatic carbocycles. The van der Waals surface area contributed by atoms with E-state index in [-0.39, 0.29) is 0 Å². The summed E-state index contributed by atoms with van der Waals surface area (Å²) >= 11 is 0. The predicted octanol–water partition coefficient (Wildman–Crippen LogP) is 7.55. The van der Waals surface area contributed by atoms with Crippen molar-refractivity contribution >= 4 is 5.97 Å². The van der Waals surface area contributed by atoms with Crippen molar-refractivity contribution in [2.24, 2.45) is 5.92 Å². The number of aliphatic carboxylic acids is 1. The molecule has 0 fully saturated rings. The molecular weight excluding hydrogens is 332 g/mol. The van der Waals surface area contributed by atoms with Gasteiger partial charge in [0.2, 0.25) is 0 Å². The first kappa shape index (κ1) is 23.2. The maximum atomic E-state index is 11.4. The molecule has 0 aromatic heterocycles. The molecule has 0 spiro atoms. The topological polar surface area (TPSA) is 37.3 Å². The standard InChI is InChI=1S/C25H38O2/c1-19(2)9-6-12-22(5)23-17-15-20(3)10-7-13-24(25(26)27)14-8-11-21(4)16-18-23/h9-10,12,14,16,23H,6-8,11,13,15,17-18H2,1-5H3,(H,26,27)/b20-10+,21-16+,22-12+,24-14+/t23-/m1/s1. The second-order valence-electron chi connectivity index (χ2n) is 8.15. The minimum atomic E-state index is -0.771. The summed E-state index contributed by atoms with van der Waals surface area (Å²) in [5, 5.41) is 9.36. The molecule has 1 aliphatic rings. The zero-order valence-electron chi connectivity index (χ0n) is 18.0. The third kappa shape index (κ3) is 10.2. The first-order valence-electron chi connectivity index (χ1n) is 10.3. The van der Waals surface area contributed by atoms with E-state index in [9.17, 15) is 9.90 Å². The van der Waals surface area contributed by atoms with Gasteiger partial charge >= 0.3 is 5.97 Å². The minimum Gasteiger partial charge on any atom is -0.478 e. The molecule has 0 saturated carbocycles. The lowest BCUT2D eigenvalue weighted by Gasteiger charge is -2.18. The normalized spacial score (nSPS) is 26.5. The third-order valence-corrected chi connectivity index (χ3v) is 5.36. The highest BCUT2D eigenvalue weighted by molar-refractivity contribution is 5.86. The van der Waals surface area contributed by atoms with Gasteiger partial charge in [-0.25, -0.2) is 4.79 Å². The summed E-state index contributed by atoms with van der Waals surface area (Å²) in [5.74, 6) is -0.186. The van der Waals surface area contributed by atoms with E-state index in [1.165, 1.54) is 22.3 Å². The lowest BCUT2D eigenvalue weighted by atomic mass is 9.88. The summed E-state index contributed by atoms with van der Waals surface area (Å²) in [6, 6.07) is 0. The summed E-state index contributed by atoms with van der Waals surface area (Å²) in [6.45, 7) is 10.9. The quantitative estimate of drug-likeness (QED) is 0.519.